The Kier molecular flexibility index (Phi) is 5.77. The zero-order chi connectivity index (χ0) is 22.4. The van der Waals surface area contributed by atoms with Gasteiger partial charge in [0.25, 0.3) is 0 Å². The lowest BCUT2D eigenvalue weighted by Crippen LogP contribution is -2.56. The molecule has 2 fully saturated rings. The van der Waals surface area contributed by atoms with Gasteiger partial charge in [-0.15, -0.1) is 0 Å². The minimum Gasteiger partial charge on any atom is -0.346 e. The van der Waals surface area contributed by atoms with Crippen molar-refractivity contribution in [3.8, 4) is 11.3 Å². The van der Waals surface area contributed by atoms with Crippen LogP contribution in [0.5, 0.6) is 0 Å². The summed E-state index contributed by atoms with van der Waals surface area (Å²) in [6, 6.07) is 8.22. The van der Waals surface area contributed by atoms with Gasteiger partial charge in [0, 0.05) is 49.0 Å². The van der Waals surface area contributed by atoms with E-state index in [-0.39, 0.29) is 0 Å². The van der Waals surface area contributed by atoms with Crippen LogP contribution < -0.4 is 0 Å². The molecule has 2 aliphatic rings. The zero-order valence-corrected chi connectivity index (χ0v) is 21.1. The largest absolute Gasteiger partial charge is 0.346 e. The number of piperidine rings is 1. The summed E-state index contributed by atoms with van der Waals surface area (Å²) >= 11 is 6.98. The van der Waals surface area contributed by atoms with Gasteiger partial charge in [-0.3, -0.25) is 14.5 Å². The minimum absolute atomic E-state index is 0.650. The highest BCUT2D eigenvalue weighted by Crippen LogP contribution is 2.30. The van der Waals surface area contributed by atoms with Crippen LogP contribution in [-0.2, 0) is 6.54 Å². The average Bonchev–Trinajstić information content (AvgIpc) is 3.43. The third-order valence-corrected chi connectivity index (χ3v) is 7.42. The van der Waals surface area contributed by atoms with Crippen molar-refractivity contribution in [3.05, 3.63) is 63.9 Å². The number of H-pyrrole nitrogens is 1. The second kappa shape index (κ2) is 8.90. The fraction of sp³-hybridized carbons (Fsp3) is 0.348. The van der Waals surface area contributed by atoms with Crippen LogP contribution in [0.3, 0.4) is 0 Å². The monoisotopic (exact) mass is 569 g/mol. The third-order valence-electron chi connectivity index (χ3n) is 6.61. The molecule has 33 heavy (non-hydrogen) atoms. The number of hydrogen-bond acceptors (Lipinski definition) is 6. The van der Waals surface area contributed by atoms with Gasteiger partial charge in [0.2, 0.25) is 0 Å². The summed E-state index contributed by atoms with van der Waals surface area (Å²) in [6.07, 6.45) is 9.90. The minimum atomic E-state index is 0.650. The molecule has 0 bridgehead atoms. The molecule has 0 spiro atoms. The van der Waals surface area contributed by atoms with Crippen LogP contribution in [0.4, 0.5) is 0 Å². The molecule has 4 aromatic heterocycles. The van der Waals surface area contributed by atoms with E-state index in [1.807, 2.05) is 23.1 Å². The molecular weight excluding hydrogens is 548 g/mol. The number of nitrogens with one attached hydrogen (secondary N) is 1. The Morgan fingerprint density at radius 2 is 1.85 bits per heavy atom. The Bertz CT molecular complexity index is 1250. The van der Waals surface area contributed by atoms with Crippen LogP contribution in [0, 0.1) is 6.04 Å². The highest BCUT2D eigenvalue weighted by molar-refractivity contribution is 9.11. The number of rotatable bonds is 5. The first-order chi connectivity index (χ1) is 16.1. The second-order valence-corrected chi connectivity index (χ2v) is 10.4. The van der Waals surface area contributed by atoms with Gasteiger partial charge in [0.1, 0.15) is 27.2 Å². The van der Waals surface area contributed by atoms with Crippen LogP contribution in [0.2, 0.25) is 0 Å². The Hall–Kier alpha value is -2.14. The van der Waals surface area contributed by atoms with E-state index < -0.39 is 0 Å². The molecule has 169 valence electrons. The quantitative estimate of drug-likeness (QED) is 0.364. The van der Waals surface area contributed by atoms with Crippen LogP contribution in [0.25, 0.3) is 22.3 Å². The average molecular weight is 571 g/mol. The number of hydrogen-bond donors (Lipinski definition) is 1. The fourth-order valence-corrected chi connectivity index (χ4v) is 6.06. The van der Waals surface area contributed by atoms with E-state index in [0.29, 0.717) is 6.04 Å². The number of aromatic amines is 1. The summed E-state index contributed by atoms with van der Waals surface area (Å²) in [5, 5.41) is 5.64. The lowest BCUT2D eigenvalue weighted by atomic mass is 9.97. The molecule has 6 rings (SSSR count). The van der Waals surface area contributed by atoms with Crippen molar-refractivity contribution in [3.63, 3.8) is 0 Å². The summed E-state index contributed by atoms with van der Waals surface area (Å²) in [4.78, 5) is 21.4. The van der Waals surface area contributed by atoms with Gasteiger partial charge in [-0.05, 0) is 81.6 Å². The molecule has 0 unspecified atom stereocenters. The number of fused-ring (bicyclic) bond motifs is 1. The van der Waals surface area contributed by atoms with Crippen LogP contribution in [0.1, 0.15) is 18.4 Å². The van der Waals surface area contributed by atoms with E-state index in [4.69, 9.17) is 0 Å². The van der Waals surface area contributed by atoms with Crippen molar-refractivity contribution in [2.24, 2.45) is 0 Å². The Balaban J connectivity index is 1.03. The molecule has 0 aliphatic carbocycles. The molecule has 10 heteroatoms. The molecule has 0 aromatic carbocycles. The van der Waals surface area contributed by atoms with Crippen LogP contribution >= 0.6 is 31.9 Å². The summed E-state index contributed by atoms with van der Waals surface area (Å²) in [6.45, 7) is 5.19. The van der Waals surface area contributed by atoms with E-state index in [9.17, 15) is 0 Å². The molecule has 2 saturated heterocycles. The lowest BCUT2D eigenvalue weighted by Gasteiger charge is -2.46. The molecule has 4 aromatic rings. The molecule has 0 amide bonds. The number of aromatic nitrogens is 6. The maximum Gasteiger partial charge on any atom is 0.141 e. The Morgan fingerprint density at radius 1 is 1.06 bits per heavy atom. The van der Waals surface area contributed by atoms with Gasteiger partial charge >= 0.3 is 0 Å². The van der Waals surface area contributed by atoms with E-state index in [1.54, 1.807) is 6.33 Å². The normalized spacial score (nSPS) is 18.7. The molecule has 1 N–H and O–H groups in total. The third kappa shape index (κ3) is 4.37. The fourth-order valence-electron chi connectivity index (χ4n) is 4.85. The van der Waals surface area contributed by atoms with Crippen molar-refractivity contribution < 1.29 is 0 Å². The summed E-state index contributed by atoms with van der Waals surface area (Å²) in [5.41, 5.74) is 4.09. The second-order valence-electron chi connectivity index (χ2n) is 8.74. The van der Waals surface area contributed by atoms with E-state index in [0.717, 1.165) is 64.2 Å². The number of likely N-dealkylation sites (tertiary alicyclic amines) is 2. The number of pyridine rings is 1. The van der Waals surface area contributed by atoms with Crippen molar-refractivity contribution in [2.45, 2.75) is 25.4 Å². The summed E-state index contributed by atoms with van der Waals surface area (Å²) in [5.74, 6) is 0. The van der Waals surface area contributed by atoms with E-state index in [2.05, 4.69) is 85.0 Å². The summed E-state index contributed by atoms with van der Waals surface area (Å²) < 4.78 is 3.79. The topological polar surface area (TPSA) is 78.8 Å². The van der Waals surface area contributed by atoms with Gasteiger partial charge < -0.3 is 4.98 Å². The molecule has 6 heterocycles. The van der Waals surface area contributed by atoms with Crippen LogP contribution in [0.15, 0.2) is 52.3 Å². The molecule has 1 radical (unpaired) electrons. The molecule has 8 nitrogen and oxygen atoms in total. The molecular formula is C23H23Br2N8. The first-order valence-corrected chi connectivity index (χ1v) is 12.7. The first kappa shape index (κ1) is 21.4. The summed E-state index contributed by atoms with van der Waals surface area (Å²) in [7, 11) is 0. The predicted molar refractivity (Wildman–Crippen MR) is 133 cm³/mol. The van der Waals surface area contributed by atoms with E-state index in [1.165, 1.54) is 24.4 Å². The van der Waals surface area contributed by atoms with Gasteiger partial charge in [0.15, 0.2) is 0 Å². The van der Waals surface area contributed by atoms with Crippen molar-refractivity contribution in [2.75, 3.05) is 26.2 Å². The van der Waals surface area contributed by atoms with Gasteiger partial charge in [0.05, 0.1) is 11.9 Å². The van der Waals surface area contributed by atoms with Crippen molar-refractivity contribution in [1.29, 1.82) is 0 Å². The SMILES string of the molecule is Brc1cc(CN2CCC(N3C[C](n4cc(-c5ncnc6[nH]ccc56)cn4)C3)CC2)cc(Br)n1. The molecule has 2 aliphatic heterocycles. The first-order valence-electron chi connectivity index (χ1n) is 11.1. The Labute approximate surface area is 208 Å². The lowest BCUT2D eigenvalue weighted by molar-refractivity contribution is 0.0669. The predicted octanol–water partition coefficient (Wildman–Crippen LogP) is 4.10. The maximum atomic E-state index is 4.62. The van der Waals surface area contributed by atoms with Crippen LogP contribution in [-0.4, -0.2) is 71.7 Å². The smallest absolute Gasteiger partial charge is 0.141 e. The molecule has 0 atom stereocenters. The van der Waals surface area contributed by atoms with Gasteiger partial charge in [-0.25, -0.2) is 15.0 Å². The zero-order valence-electron chi connectivity index (χ0n) is 18.0. The van der Waals surface area contributed by atoms with Gasteiger partial charge in [-0.1, -0.05) is 0 Å². The maximum absolute atomic E-state index is 4.62. The Morgan fingerprint density at radius 3 is 2.64 bits per heavy atom. The highest BCUT2D eigenvalue weighted by atomic mass is 79.9. The standard InChI is InChI=1S/C23H23Br2N8/c24-20-7-15(8-21(25)30-20)10-31-5-2-17(3-6-31)32-12-18(13-32)33-11-16(9-29-33)22-19-1-4-26-23(19)28-14-27-22/h1,4,7-9,11,14,17H,2-3,5-6,10,12-13H2,(H,26,27,28). The number of halogens is 2. The van der Waals surface area contributed by atoms with Crippen molar-refractivity contribution in [1.82, 2.24) is 39.5 Å². The van der Waals surface area contributed by atoms with Crippen molar-refractivity contribution >= 4 is 42.9 Å². The van der Waals surface area contributed by atoms with Gasteiger partial charge in [-0.2, -0.15) is 5.10 Å². The molecule has 0 saturated carbocycles. The van der Waals surface area contributed by atoms with E-state index >= 15 is 0 Å². The number of nitrogens with zero attached hydrogens (tertiary/aromatic N) is 7. The highest BCUT2D eigenvalue weighted by Gasteiger charge is 2.36.